The fourth-order valence-electron chi connectivity index (χ4n) is 2.23. The average molecular weight is 214 g/mol. The van der Waals surface area contributed by atoms with Crippen LogP contribution in [0.5, 0.6) is 0 Å². The molecule has 0 saturated carbocycles. The van der Waals surface area contributed by atoms with E-state index in [1.54, 1.807) is 0 Å². The van der Waals surface area contributed by atoms with Gasteiger partial charge in [0.2, 0.25) is 0 Å². The molecule has 0 radical (unpaired) electrons. The molecule has 1 aliphatic rings. The van der Waals surface area contributed by atoms with Crippen LogP contribution in [0.15, 0.2) is 0 Å². The van der Waals surface area contributed by atoms with Gasteiger partial charge in [-0.1, -0.05) is 13.8 Å². The van der Waals surface area contributed by atoms with Crippen molar-refractivity contribution in [2.45, 2.75) is 26.7 Å². The van der Waals surface area contributed by atoms with E-state index < -0.39 is 0 Å². The van der Waals surface area contributed by atoms with Gasteiger partial charge in [0.05, 0.1) is 0 Å². The maximum Gasteiger partial charge on any atom is 0.0499 e. The zero-order valence-electron chi connectivity index (χ0n) is 10.5. The highest BCUT2D eigenvalue weighted by molar-refractivity contribution is 4.82. The molecule has 3 nitrogen and oxygen atoms in total. The smallest absolute Gasteiger partial charge is 0.0499 e. The molecule has 1 fully saturated rings. The lowest BCUT2D eigenvalue weighted by molar-refractivity contribution is 0.0453. The Morgan fingerprint density at radius 1 is 1.07 bits per heavy atom. The van der Waals surface area contributed by atoms with E-state index in [1.807, 2.05) is 0 Å². The fraction of sp³-hybridized carbons (Fsp3) is 1.00. The molecule has 1 N–H and O–H groups in total. The molecule has 3 heteroatoms. The molecule has 0 aromatic heterocycles. The molecule has 0 amide bonds. The summed E-state index contributed by atoms with van der Waals surface area (Å²) in [6.07, 6.45) is 2.15. The van der Waals surface area contributed by atoms with Crippen molar-refractivity contribution in [1.29, 1.82) is 0 Å². The molecule has 90 valence electrons. The van der Waals surface area contributed by atoms with Crippen LogP contribution in [-0.4, -0.2) is 61.3 Å². The Labute approximate surface area is 94.1 Å². The van der Waals surface area contributed by atoms with E-state index >= 15 is 0 Å². The van der Waals surface area contributed by atoms with Gasteiger partial charge in [-0.05, 0) is 19.9 Å². The Bertz CT molecular complexity index is 164. The van der Waals surface area contributed by atoms with E-state index in [-0.39, 0.29) is 5.41 Å². The van der Waals surface area contributed by atoms with Crippen LogP contribution in [-0.2, 0) is 0 Å². The van der Waals surface area contributed by atoms with E-state index in [0.29, 0.717) is 6.61 Å². The van der Waals surface area contributed by atoms with E-state index in [1.165, 1.54) is 0 Å². The quantitative estimate of drug-likeness (QED) is 0.740. The summed E-state index contributed by atoms with van der Waals surface area (Å²) in [6.45, 7) is 10.4. The summed E-state index contributed by atoms with van der Waals surface area (Å²) < 4.78 is 0. The Balaban J connectivity index is 2.44. The van der Waals surface area contributed by atoms with Crippen molar-refractivity contribution in [3.63, 3.8) is 0 Å². The van der Waals surface area contributed by atoms with Crippen molar-refractivity contribution in [3.05, 3.63) is 0 Å². The van der Waals surface area contributed by atoms with Crippen molar-refractivity contribution in [1.82, 2.24) is 9.80 Å². The molecular formula is C12H26N2O. The number of piperazine rings is 1. The van der Waals surface area contributed by atoms with Gasteiger partial charge < -0.3 is 14.9 Å². The third-order valence-electron chi connectivity index (χ3n) is 3.99. The summed E-state index contributed by atoms with van der Waals surface area (Å²) >= 11 is 0. The highest BCUT2D eigenvalue weighted by Gasteiger charge is 2.29. The Morgan fingerprint density at radius 3 is 2.00 bits per heavy atom. The summed E-state index contributed by atoms with van der Waals surface area (Å²) in [5.74, 6) is 0. The Kier molecular flexibility index (Phi) is 5.03. The molecule has 0 unspecified atom stereocenters. The van der Waals surface area contributed by atoms with Gasteiger partial charge in [-0.3, -0.25) is 0 Å². The van der Waals surface area contributed by atoms with E-state index in [2.05, 4.69) is 30.7 Å². The average Bonchev–Trinajstić information content (AvgIpc) is 2.29. The zero-order valence-corrected chi connectivity index (χ0v) is 10.5. The summed E-state index contributed by atoms with van der Waals surface area (Å²) in [4.78, 5) is 4.87. The SMILES string of the molecule is CCC(CC)(CO)CN1CCN(C)CC1. The van der Waals surface area contributed by atoms with Crippen molar-refractivity contribution < 1.29 is 5.11 Å². The summed E-state index contributed by atoms with van der Waals surface area (Å²) in [7, 11) is 2.18. The van der Waals surface area contributed by atoms with Gasteiger partial charge in [-0.15, -0.1) is 0 Å². The molecule has 0 aromatic carbocycles. The lowest BCUT2D eigenvalue weighted by Crippen LogP contribution is -2.49. The molecule has 0 aromatic rings. The van der Waals surface area contributed by atoms with Crippen LogP contribution in [0.4, 0.5) is 0 Å². The minimum absolute atomic E-state index is 0.135. The van der Waals surface area contributed by atoms with E-state index in [4.69, 9.17) is 0 Å². The fourth-order valence-corrected chi connectivity index (χ4v) is 2.23. The van der Waals surface area contributed by atoms with E-state index in [0.717, 1.165) is 45.6 Å². The van der Waals surface area contributed by atoms with Crippen LogP contribution in [0.3, 0.4) is 0 Å². The standard InChI is InChI=1S/C12H26N2O/c1-4-12(5-2,11-15)10-14-8-6-13(3)7-9-14/h15H,4-11H2,1-3H3. The predicted octanol–water partition coefficient (Wildman–Crippen LogP) is 1.03. The van der Waals surface area contributed by atoms with Gasteiger partial charge in [0.1, 0.15) is 0 Å². The first kappa shape index (κ1) is 12.9. The van der Waals surface area contributed by atoms with Gasteiger partial charge in [0.15, 0.2) is 0 Å². The van der Waals surface area contributed by atoms with Crippen molar-refractivity contribution in [3.8, 4) is 0 Å². The second-order valence-electron chi connectivity index (χ2n) is 4.94. The molecule has 1 heterocycles. The molecule has 0 bridgehead atoms. The van der Waals surface area contributed by atoms with Crippen LogP contribution >= 0.6 is 0 Å². The van der Waals surface area contributed by atoms with Gasteiger partial charge in [-0.25, -0.2) is 0 Å². The summed E-state index contributed by atoms with van der Waals surface area (Å²) in [6, 6.07) is 0. The summed E-state index contributed by atoms with van der Waals surface area (Å²) in [5.41, 5.74) is 0.135. The first-order chi connectivity index (χ1) is 7.15. The summed E-state index contributed by atoms with van der Waals surface area (Å²) in [5, 5.41) is 9.52. The number of nitrogens with zero attached hydrogens (tertiary/aromatic N) is 2. The minimum Gasteiger partial charge on any atom is -0.396 e. The van der Waals surface area contributed by atoms with Crippen molar-refractivity contribution in [2.24, 2.45) is 5.41 Å². The van der Waals surface area contributed by atoms with Gasteiger partial charge >= 0.3 is 0 Å². The molecule has 1 aliphatic heterocycles. The van der Waals surface area contributed by atoms with Crippen LogP contribution in [0.1, 0.15) is 26.7 Å². The van der Waals surface area contributed by atoms with Gasteiger partial charge in [-0.2, -0.15) is 0 Å². The number of aliphatic hydroxyl groups excluding tert-OH is 1. The van der Waals surface area contributed by atoms with Crippen LogP contribution in [0.2, 0.25) is 0 Å². The van der Waals surface area contributed by atoms with Crippen molar-refractivity contribution >= 4 is 0 Å². The monoisotopic (exact) mass is 214 g/mol. The largest absolute Gasteiger partial charge is 0.396 e. The van der Waals surface area contributed by atoms with Gasteiger partial charge in [0, 0.05) is 44.7 Å². The number of rotatable bonds is 5. The number of hydrogen-bond acceptors (Lipinski definition) is 3. The number of hydrogen-bond donors (Lipinski definition) is 1. The van der Waals surface area contributed by atoms with Crippen LogP contribution < -0.4 is 0 Å². The normalized spacial score (nSPS) is 20.8. The molecule has 1 saturated heterocycles. The number of likely N-dealkylation sites (N-methyl/N-ethyl adjacent to an activating group) is 1. The lowest BCUT2D eigenvalue weighted by atomic mass is 9.82. The zero-order chi connectivity index (χ0) is 11.3. The highest BCUT2D eigenvalue weighted by atomic mass is 16.3. The molecular weight excluding hydrogens is 188 g/mol. The lowest BCUT2D eigenvalue weighted by Gasteiger charge is -2.39. The number of aliphatic hydroxyl groups is 1. The van der Waals surface area contributed by atoms with Crippen molar-refractivity contribution in [2.75, 3.05) is 46.4 Å². The molecule has 1 rings (SSSR count). The maximum atomic E-state index is 9.52. The Hall–Kier alpha value is -0.120. The molecule has 0 spiro atoms. The topological polar surface area (TPSA) is 26.7 Å². The molecule has 15 heavy (non-hydrogen) atoms. The first-order valence-electron chi connectivity index (χ1n) is 6.17. The minimum atomic E-state index is 0.135. The highest BCUT2D eigenvalue weighted by Crippen LogP contribution is 2.27. The third kappa shape index (κ3) is 3.44. The molecule has 0 atom stereocenters. The van der Waals surface area contributed by atoms with Crippen LogP contribution in [0, 0.1) is 5.41 Å². The van der Waals surface area contributed by atoms with Gasteiger partial charge in [0.25, 0.3) is 0 Å². The first-order valence-corrected chi connectivity index (χ1v) is 6.17. The Morgan fingerprint density at radius 2 is 1.60 bits per heavy atom. The second kappa shape index (κ2) is 5.83. The maximum absolute atomic E-state index is 9.52. The second-order valence-corrected chi connectivity index (χ2v) is 4.94. The predicted molar refractivity (Wildman–Crippen MR) is 64.0 cm³/mol. The third-order valence-corrected chi connectivity index (χ3v) is 3.99. The van der Waals surface area contributed by atoms with Crippen LogP contribution in [0.25, 0.3) is 0 Å². The molecule has 0 aliphatic carbocycles. The van der Waals surface area contributed by atoms with E-state index in [9.17, 15) is 5.11 Å².